The van der Waals surface area contributed by atoms with E-state index in [0.717, 1.165) is 21.3 Å². The molecule has 0 aromatic heterocycles. The summed E-state index contributed by atoms with van der Waals surface area (Å²) in [7, 11) is 0. The van der Waals surface area contributed by atoms with E-state index in [4.69, 9.17) is 26.2 Å². The molecule has 0 unspecified atom stereocenters. The minimum absolute atomic E-state index is 0.0729. The van der Waals surface area contributed by atoms with Gasteiger partial charge in [0.2, 0.25) is 0 Å². The van der Waals surface area contributed by atoms with Gasteiger partial charge in [-0.25, -0.2) is 4.79 Å². The molecule has 0 saturated heterocycles. The molecular formula is C24H23BrClNO4. The van der Waals surface area contributed by atoms with Gasteiger partial charge < -0.3 is 19.9 Å². The Labute approximate surface area is 195 Å². The van der Waals surface area contributed by atoms with Crippen LogP contribution >= 0.6 is 27.5 Å². The Morgan fingerprint density at radius 2 is 1.90 bits per heavy atom. The molecule has 0 bridgehead atoms. The summed E-state index contributed by atoms with van der Waals surface area (Å²) < 4.78 is 12.7. The highest BCUT2D eigenvalue weighted by Crippen LogP contribution is 2.38. The molecule has 7 heteroatoms. The molecule has 0 aliphatic heterocycles. The SMILES string of the molecule is CCOc1cc(CNc2ccc(C(=O)O)c(Cl)c2)cc(Br)c1OCc1ccccc1C. The number of carboxylic acid groups (broad SMARTS) is 1. The van der Waals surface area contributed by atoms with E-state index in [1.54, 1.807) is 12.1 Å². The first kappa shape index (κ1) is 23.0. The van der Waals surface area contributed by atoms with Crippen molar-refractivity contribution in [2.24, 2.45) is 0 Å². The average Bonchev–Trinajstić information content (AvgIpc) is 2.73. The second-order valence-corrected chi connectivity index (χ2v) is 8.17. The number of carbonyl (C=O) groups is 1. The maximum atomic E-state index is 11.1. The number of nitrogens with one attached hydrogen (secondary N) is 1. The molecule has 3 rings (SSSR count). The highest BCUT2D eigenvalue weighted by Gasteiger charge is 2.14. The fourth-order valence-electron chi connectivity index (χ4n) is 3.05. The van der Waals surface area contributed by atoms with Crippen LogP contribution in [0.25, 0.3) is 0 Å². The number of carboxylic acids is 1. The first-order chi connectivity index (χ1) is 14.9. The second-order valence-electron chi connectivity index (χ2n) is 6.91. The van der Waals surface area contributed by atoms with E-state index in [-0.39, 0.29) is 10.6 Å². The molecule has 5 nitrogen and oxygen atoms in total. The number of aromatic carboxylic acids is 1. The molecule has 0 spiro atoms. The van der Waals surface area contributed by atoms with E-state index in [0.29, 0.717) is 31.3 Å². The van der Waals surface area contributed by atoms with Crippen molar-refractivity contribution in [1.82, 2.24) is 0 Å². The second kappa shape index (κ2) is 10.6. The van der Waals surface area contributed by atoms with Gasteiger partial charge in [0, 0.05) is 12.2 Å². The van der Waals surface area contributed by atoms with E-state index in [1.165, 1.54) is 11.6 Å². The Bertz CT molecular complexity index is 1090. The first-order valence-electron chi connectivity index (χ1n) is 9.78. The van der Waals surface area contributed by atoms with Crippen molar-refractivity contribution in [3.63, 3.8) is 0 Å². The zero-order valence-corrected chi connectivity index (χ0v) is 19.6. The topological polar surface area (TPSA) is 67.8 Å². The predicted molar refractivity (Wildman–Crippen MR) is 127 cm³/mol. The number of hydrogen-bond acceptors (Lipinski definition) is 4. The lowest BCUT2D eigenvalue weighted by Gasteiger charge is -2.17. The lowest BCUT2D eigenvalue weighted by Crippen LogP contribution is -2.05. The molecule has 0 atom stereocenters. The van der Waals surface area contributed by atoms with Crippen molar-refractivity contribution in [3.05, 3.63) is 86.3 Å². The van der Waals surface area contributed by atoms with Gasteiger partial charge in [0.1, 0.15) is 6.61 Å². The highest BCUT2D eigenvalue weighted by atomic mass is 79.9. The van der Waals surface area contributed by atoms with Crippen molar-refractivity contribution in [2.75, 3.05) is 11.9 Å². The molecule has 3 aromatic carbocycles. The maximum absolute atomic E-state index is 11.1. The van der Waals surface area contributed by atoms with E-state index >= 15 is 0 Å². The Morgan fingerprint density at radius 3 is 2.58 bits per heavy atom. The fraction of sp³-hybridized carbons (Fsp3) is 0.208. The lowest BCUT2D eigenvalue weighted by molar-refractivity contribution is 0.0697. The standard InChI is InChI=1S/C24H23BrClNO4/c1-3-30-22-11-16(13-27-18-8-9-19(24(28)29)21(26)12-18)10-20(25)23(22)31-14-17-7-5-4-6-15(17)2/h4-12,27H,3,13-14H2,1-2H3,(H,28,29). The average molecular weight is 505 g/mol. The first-order valence-corrected chi connectivity index (χ1v) is 11.0. The molecule has 0 heterocycles. The molecule has 162 valence electrons. The molecule has 0 saturated carbocycles. The molecule has 31 heavy (non-hydrogen) atoms. The van der Waals surface area contributed by atoms with Gasteiger partial charge in [-0.05, 0) is 76.8 Å². The van der Waals surface area contributed by atoms with Gasteiger partial charge in [0.25, 0.3) is 0 Å². The van der Waals surface area contributed by atoms with Crippen LogP contribution in [-0.4, -0.2) is 17.7 Å². The van der Waals surface area contributed by atoms with Crippen molar-refractivity contribution < 1.29 is 19.4 Å². The lowest BCUT2D eigenvalue weighted by atomic mass is 10.1. The van der Waals surface area contributed by atoms with Gasteiger partial charge in [0.15, 0.2) is 11.5 Å². The number of aryl methyl sites for hydroxylation is 1. The van der Waals surface area contributed by atoms with Crippen LogP contribution in [0.15, 0.2) is 59.1 Å². The Hall–Kier alpha value is -2.70. The maximum Gasteiger partial charge on any atom is 0.337 e. The smallest absolute Gasteiger partial charge is 0.337 e. The fourth-order valence-corrected chi connectivity index (χ4v) is 3.92. The van der Waals surface area contributed by atoms with E-state index < -0.39 is 5.97 Å². The van der Waals surface area contributed by atoms with Crippen LogP contribution < -0.4 is 14.8 Å². The van der Waals surface area contributed by atoms with Gasteiger partial charge >= 0.3 is 5.97 Å². The summed E-state index contributed by atoms with van der Waals surface area (Å²) in [6, 6.07) is 16.8. The van der Waals surface area contributed by atoms with Gasteiger partial charge in [0.05, 0.1) is 21.7 Å². The third-order valence-electron chi connectivity index (χ3n) is 4.70. The van der Waals surface area contributed by atoms with Crippen LogP contribution in [0.1, 0.15) is 34.0 Å². The zero-order chi connectivity index (χ0) is 22.4. The van der Waals surface area contributed by atoms with Gasteiger partial charge in [-0.2, -0.15) is 0 Å². The number of anilines is 1. The molecule has 0 amide bonds. The monoisotopic (exact) mass is 503 g/mol. The van der Waals surface area contributed by atoms with Crippen LogP contribution in [0.4, 0.5) is 5.69 Å². The number of halogens is 2. The molecule has 2 N–H and O–H groups in total. The minimum Gasteiger partial charge on any atom is -0.490 e. The molecule has 0 radical (unpaired) electrons. The molecule has 3 aromatic rings. The van der Waals surface area contributed by atoms with Crippen LogP contribution in [0.3, 0.4) is 0 Å². The van der Waals surface area contributed by atoms with Crippen LogP contribution in [0, 0.1) is 6.92 Å². The third kappa shape index (κ3) is 5.93. The van der Waals surface area contributed by atoms with Gasteiger partial charge in [-0.3, -0.25) is 0 Å². The molecule has 0 aliphatic carbocycles. The summed E-state index contributed by atoms with van der Waals surface area (Å²) in [6.07, 6.45) is 0. The zero-order valence-electron chi connectivity index (χ0n) is 17.2. The van der Waals surface area contributed by atoms with Crippen molar-refractivity contribution in [2.45, 2.75) is 27.0 Å². The van der Waals surface area contributed by atoms with E-state index in [9.17, 15) is 4.79 Å². The Morgan fingerprint density at radius 1 is 1.13 bits per heavy atom. The van der Waals surface area contributed by atoms with E-state index in [2.05, 4.69) is 34.2 Å². The quantitative estimate of drug-likeness (QED) is 0.339. The molecule has 0 fully saturated rings. The summed E-state index contributed by atoms with van der Waals surface area (Å²) in [5.41, 5.74) is 4.05. The Kier molecular flexibility index (Phi) is 7.82. The number of rotatable bonds is 9. The van der Waals surface area contributed by atoms with Crippen LogP contribution in [0.5, 0.6) is 11.5 Å². The van der Waals surface area contributed by atoms with Crippen molar-refractivity contribution >= 4 is 39.2 Å². The van der Waals surface area contributed by atoms with Crippen LogP contribution in [-0.2, 0) is 13.2 Å². The summed E-state index contributed by atoms with van der Waals surface area (Å²) in [6.45, 7) is 5.43. The molecular weight excluding hydrogens is 482 g/mol. The van der Waals surface area contributed by atoms with Crippen molar-refractivity contribution in [3.8, 4) is 11.5 Å². The normalized spacial score (nSPS) is 10.6. The summed E-state index contributed by atoms with van der Waals surface area (Å²) >= 11 is 9.65. The summed E-state index contributed by atoms with van der Waals surface area (Å²) in [5.74, 6) is 0.257. The predicted octanol–water partition coefficient (Wildman–Crippen LogP) is 6.70. The summed E-state index contributed by atoms with van der Waals surface area (Å²) in [4.78, 5) is 11.1. The largest absolute Gasteiger partial charge is 0.490 e. The number of hydrogen-bond donors (Lipinski definition) is 2. The van der Waals surface area contributed by atoms with Gasteiger partial charge in [-0.15, -0.1) is 0 Å². The summed E-state index contributed by atoms with van der Waals surface area (Å²) in [5, 5.41) is 12.5. The number of benzene rings is 3. The molecule has 0 aliphatic rings. The third-order valence-corrected chi connectivity index (χ3v) is 5.60. The number of ether oxygens (including phenoxy) is 2. The van der Waals surface area contributed by atoms with Crippen LogP contribution in [0.2, 0.25) is 5.02 Å². The Balaban J connectivity index is 1.75. The highest BCUT2D eigenvalue weighted by molar-refractivity contribution is 9.10. The van der Waals surface area contributed by atoms with Crippen molar-refractivity contribution in [1.29, 1.82) is 0 Å². The van der Waals surface area contributed by atoms with Gasteiger partial charge in [-0.1, -0.05) is 35.9 Å². The van der Waals surface area contributed by atoms with E-state index in [1.807, 2.05) is 37.3 Å². The minimum atomic E-state index is -1.05.